The molecule has 3 nitrogen and oxygen atoms in total. The van der Waals surface area contributed by atoms with Crippen molar-refractivity contribution in [3.05, 3.63) is 58.2 Å². The number of nitrogens with zero attached hydrogens (tertiary/aromatic N) is 2. The van der Waals surface area contributed by atoms with Crippen molar-refractivity contribution < 1.29 is 17.9 Å². The first-order valence-electron chi connectivity index (χ1n) is 7.53. The zero-order chi connectivity index (χ0) is 17.6. The fraction of sp³-hybridized carbons (Fsp3) is 0.333. The van der Waals surface area contributed by atoms with E-state index in [0.29, 0.717) is 28.0 Å². The third-order valence-electron chi connectivity index (χ3n) is 3.88. The summed E-state index contributed by atoms with van der Waals surface area (Å²) in [6.45, 7) is 6.65. The Bertz CT molecular complexity index is 844. The van der Waals surface area contributed by atoms with Crippen LogP contribution in [0.25, 0.3) is 0 Å². The molecule has 0 saturated carbocycles. The molecule has 0 fully saturated rings. The molecule has 0 unspecified atom stereocenters. The summed E-state index contributed by atoms with van der Waals surface area (Å²) in [4.78, 5) is 8.36. The number of rotatable bonds is 2. The lowest BCUT2D eigenvalue weighted by Gasteiger charge is -2.31. The Kier molecular flexibility index (Phi) is 3.86. The third kappa shape index (κ3) is 2.77. The molecule has 0 saturated heterocycles. The van der Waals surface area contributed by atoms with E-state index in [0.717, 1.165) is 0 Å². The Hall–Kier alpha value is -2.37. The summed E-state index contributed by atoms with van der Waals surface area (Å²) in [6.07, 6.45) is -1.30. The van der Waals surface area contributed by atoms with E-state index in [1.165, 1.54) is 6.20 Å². The number of hydrogen-bond acceptors (Lipinski definition) is 3. The first kappa shape index (κ1) is 16.5. The van der Waals surface area contributed by atoms with E-state index in [4.69, 9.17) is 4.74 Å². The second kappa shape index (κ2) is 5.61. The fourth-order valence-corrected chi connectivity index (χ4v) is 2.71. The van der Waals surface area contributed by atoms with E-state index in [2.05, 4.69) is 9.98 Å². The normalized spacial score (nSPS) is 15.8. The minimum Gasteiger partial charge on any atom is -0.463 e. The topological polar surface area (TPSA) is 34.5 Å². The van der Waals surface area contributed by atoms with E-state index in [9.17, 15) is 13.2 Å². The molecule has 24 heavy (non-hydrogen) atoms. The van der Waals surface area contributed by atoms with Gasteiger partial charge in [0.05, 0.1) is 5.71 Å². The second-order valence-electron chi connectivity index (χ2n) is 6.31. The number of aromatic nitrogens is 1. The van der Waals surface area contributed by atoms with Gasteiger partial charge in [0.15, 0.2) is 17.3 Å². The van der Waals surface area contributed by atoms with E-state index in [1.54, 1.807) is 45.9 Å². The van der Waals surface area contributed by atoms with Crippen molar-refractivity contribution in [2.45, 2.75) is 39.8 Å². The lowest BCUT2D eigenvalue weighted by atomic mass is 9.97. The molecule has 1 aliphatic rings. The molecule has 0 aliphatic carbocycles. The number of halogens is 3. The number of benzene rings is 1. The lowest BCUT2D eigenvalue weighted by Crippen LogP contribution is -2.33. The minimum absolute atomic E-state index is 0.126. The highest BCUT2D eigenvalue weighted by Gasteiger charge is 2.32. The standard InChI is InChI=1S/C18H17F3N2O/c1-9-5-6-12-15(23-18(3,4)24-16(12)13(9)19)11-7-10(2)14(17(20)21)22-8-11/h5-8,17H,1-4H3. The summed E-state index contributed by atoms with van der Waals surface area (Å²) in [5.41, 5.74) is 1.13. The quantitative estimate of drug-likeness (QED) is 0.795. The first-order chi connectivity index (χ1) is 11.2. The van der Waals surface area contributed by atoms with Crippen LogP contribution < -0.4 is 4.74 Å². The van der Waals surface area contributed by atoms with E-state index in [-0.39, 0.29) is 11.4 Å². The minimum atomic E-state index is -2.64. The van der Waals surface area contributed by atoms with Gasteiger partial charge < -0.3 is 4.74 Å². The molecule has 126 valence electrons. The van der Waals surface area contributed by atoms with Crippen LogP contribution in [0.3, 0.4) is 0 Å². The summed E-state index contributed by atoms with van der Waals surface area (Å²) < 4.78 is 45.9. The molecule has 0 N–H and O–H groups in total. The number of pyridine rings is 1. The van der Waals surface area contributed by atoms with Crippen molar-refractivity contribution in [1.82, 2.24) is 4.98 Å². The van der Waals surface area contributed by atoms with Gasteiger partial charge in [-0.25, -0.2) is 18.2 Å². The highest BCUT2D eigenvalue weighted by Crippen LogP contribution is 2.36. The number of alkyl halides is 2. The predicted molar refractivity (Wildman–Crippen MR) is 85.4 cm³/mol. The highest BCUT2D eigenvalue weighted by atomic mass is 19.3. The molecule has 0 bridgehead atoms. The average molecular weight is 334 g/mol. The number of ether oxygens (including phenoxy) is 1. The molecule has 0 radical (unpaired) electrons. The second-order valence-corrected chi connectivity index (χ2v) is 6.31. The summed E-state index contributed by atoms with van der Waals surface area (Å²) in [5.74, 6) is -0.317. The van der Waals surface area contributed by atoms with Gasteiger partial charge in [0.2, 0.25) is 0 Å². The Morgan fingerprint density at radius 3 is 2.46 bits per heavy atom. The van der Waals surface area contributed by atoms with E-state index < -0.39 is 18.0 Å². The van der Waals surface area contributed by atoms with Crippen molar-refractivity contribution in [2.75, 3.05) is 0 Å². The van der Waals surface area contributed by atoms with Gasteiger partial charge in [0.1, 0.15) is 5.69 Å². The summed E-state index contributed by atoms with van der Waals surface area (Å²) in [7, 11) is 0. The predicted octanol–water partition coefficient (Wildman–Crippen LogP) is 4.74. The van der Waals surface area contributed by atoms with Crippen LogP contribution in [-0.4, -0.2) is 16.4 Å². The Morgan fingerprint density at radius 1 is 1.12 bits per heavy atom. The molecule has 0 atom stereocenters. The molecular weight excluding hydrogens is 317 g/mol. The van der Waals surface area contributed by atoms with Crippen LogP contribution in [0, 0.1) is 19.7 Å². The molecule has 2 heterocycles. The molecule has 2 aromatic rings. The van der Waals surface area contributed by atoms with Gasteiger partial charge >= 0.3 is 0 Å². The van der Waals surface area contributed by atoms with Crippen LogP contribution in [0.1, 0.15) is 48.2 Å². The van der Waals surface area contributed by atoms with Gasteiger partial charge in [-0.1, -0.05) is 6.07 Å². The lowest BCUT2D eigenvalue weighted by molar-refractivity contribution is 0.109. The largest absolute Gasteiger partial charge is 0.463 e. The number of aliphatic imine (C=N–C) groups is 1. The molecule has 3 rings (SSSR count). The Balaban J connectivity index is 2.19. The highest BCUT2D eigenvalue weighted by molar-refractivity contribution is 6.15. The number of fused-ring (bicyclic) bond motifs is 1. The van der Waals surface area contributed by atoms with Gasteiger partial charge in [-0.3, -0.25) is 4.98 Å². The average Bonchev–Trinajstić information content (AvgIpc) is 2.49. The van der Waals surface area contributed by atoms with E-state index in [1.807, 2.05) is 0 Å². The van der Waals surface area contributed by atoms with Crippen molar-refractivity contribution in [1.29, 1.82) is 0 Å². The number of hydrogen-bond donors (Lipinski definition) is 0. The number of aryl methyl sites for hydroxylation is 2. The van der Waals surface area contributed by atoms with Crippen molar-refractivity contribution >= 4 is 5.71 Å². The summed E-state index contributed by atoms with van der Waals surface area (Å²) in [5, 5.41) is 0. The summed E-state index contributed by atoms with van der Waals surface area (Å²) in [6, 6.07) is 4.95. The van der Waals surface area contributed by atoms with Crippen LogP contribution in [0.15, 0.2) is 29.4 Å². The van der Waals surface area contributed by atoms with Gasteiger partial charge in [-0.2, -0.15) is 0 Å². The van der Waals surface area contributed by atoms with Gasteiger partial charge in [-0.15, -0.1) is 0 Å². The maximum absolute atomic E-state index is 14.5. The van der Waals surface area contributed by atoms with E-state index >= 15 is 0 Å². The molecule has 0 spiro atoms. The monoisotopic (exact) mass is 334 g/mol. The van der Waals surface area contributed by atoms with Crippen LogP contribution in [0.5, 0.6) is 5.75 Å². The van der Waals surface area contributed by atoms with Gasteiger partial charge in [0, 0.05) is 17.3 Å². The van der Waals surface area contributed by atoms with Crippen LogP contribution in [0.2, 0.25) is 0 Å². The SMILES string of the molecule is Cc1cc(C2=NC(C)(C)Oc3c2ccc(C)c3F)cnc1C(F)F. The molecule has 0 amide bonds. The van der Waals surface area contributed by atoms with Gasteiger partial charge in [0.25, 0.3) is 6.43 Å². The Labute approximate surface area is 138 Å². The molecule has 1 aliphatic heterocycles. The van der Waals surface area contributed by atoms with Crippen LogP contribution in [-0.2, 0) is 0 Å². The van der Waals surface area contributed by atoms with Crippen LogP contribution in [0.4, 0.5) is 13.2 Å². The fourth-order valence-electron chi connectivity index (χ4n) is 2.71. The molecular formula is C18H17F3N2O. The molecule has 1 aromatic heterocycles. The zero-order valence-electron chi connectivity index (χ0n) is 13.8. The molecule has 1 aromatic carbocycles. The van der Waals surface area contributed by atoms with Crippen LogP contribution >= 0.6 is 0 Å². The summed E-state index contributed by atoms with van der Waals surface area (Å²) >= 11 is 0. The van der Waals surface area contributed by atoms with Crippen molar-refractivity contribution in [2.24, 2.45) is 4.99 Å². The van der Waals surface area contributed by atoms with Crippen molar-refractivity contribution in [3.8, 4) is 5.75 Å². The first-order valence-corrected chi connectivity index (χ1v) is 7.53. The zero-order valence-corrected chi connectivity index (χ0v) is 13.8. The maximum atomic E-state index is 14.5. The smallest absolute Gasteiger partial charge is 0.280 e. The third-order valence-corrected chi connectivity index (χ3v) is 3.88. The van der Waals surface area contributed by atoms with Gasteiger partial charge in [-0.05, 0) is 51.0 Å². The van der Waals surface area contributed by atoms with Crippen molar-refractivity contribution in [3.63, 3.8) is 0 Å². The molecule has 6 heteroatoms. The maximum Gasteiger partial charge on any atom is 0.280 e. The Morgan fingerprint density at radius 2 is 1.83 bits per heavy atom.